The first-order chi connectivity index (χ1) is 9.93. The summed E-state index contributed by atoms with van der Waals surface area (Å²) in [7, 11) is 0. The van der Waals surface area contributed by atoms with Crippen LogP contribution in [0.4, 0.5) is 0 Å². The van der Waals surface area contributed by atoms with E-state index in [1.165, 1.54) is 12.8 Å². The first kappa shape index (κ1) is 16.8. The summed E-state index contributed by atoms with van der Waals surface area (Å²) in [5.74, 6) is 1.28. The number of hydrogen-bond donors (Lipinski definition) is 1. The molecule has 1 saturated heterocycles. The molecule has 122 valence electrons. The molecule has 2 fully saturated rings. The minimum absolute atomic E-state index is 0.00440. The predicted molar refractivity (Wildman–Crippen MR) is 87.0 cm³/mol. The largest absolute Gasteiger partial charge is 0.324 e. The van der Waals surface area contributed by atoms with Gasteiger partial charge in [0.2, 0.25) is 5.91 Å². The number of rotatable bonds is 8. The summed E-state index contributed by atoms with van der Waals surface area (Å²) in [6.07, 6.45) is 3.95. The van der Waals surface area contributed by atoms with E-state index in [0.29, 0.717) is 17.7 Å². The predicted octanol–water partition coefficient (Wildman–Crippen LogP) is 2.30. The fourth-order valence-electron chi connectivity index (χ4n) is 3.36. The number of nitrogens with one attached hydrogen (secondary N) is 1. The van der Waals surface area contributed by atoms with Crippen LogP contribution >= 0.6 is 0 Å². The van der Waals surface area contributed by atoms with E-state index >= 15 is 0 Å². The van der Waals surface area contributed by atoms with E-state index in [2.05, 4.69) is 49.7 Å². The normalized spacial score (nSPS) is 26.7. The van der Waals surface area contributed by atoms with Crippen LogP contribution in [0.15, 0.2) is 0 Å². The Labute approximate surface area is 130 Å². The molecule has 1 aliphatic carbocycles. The molecular formula is C17H33N3O. The molecule has 0 aromatic heterocycles. The Morgan fingerprint density at radius 2 is 1.95 bits per heavy atom. The van der Waals surface area contributed by atoms with Crippen molar-refractivity contribution in [3.63, 3.8) is 0 Å². The minimum atomic E-state index is 0.00440. The van der Waals surface area contributed by atoms with E-state index in [-0.39, 0.29) is 12.2 Å². The highest BCUT2D eigenvalue weighted by Gasteiger charge is 2.40. The van der Waals surface area contributed by atoms with Gasteiger partial charge in [0.15, 0.2) is 0 Å². The first-order valence-electron chi connectivity index (χ1n) is 8.74. The summed E-state index contributed by atoms with van der Waals surface area (Å²) in [6.45, 7) is 13.9. The third-order valence-corrected chi connectivity index (χ3v) is 4.76. The highest BCUT2D eigenvalue weighted by molar-refractivity contribution is 5.84. The number of nitrogens with zero attached hydrogens (tertiary/aromatic N) is 2. The Kier molecular flexibility index (Phi) is 5.67. The molecule has 1 aliphatic heterocycles. The Morgan fingerprint density at radius 3 is 2.43 bits per heavy atom. The van der Waals surface area contributed by atoms with Gasteiger partial charge in [-0.15, -0.1) is 0 Å². The van der Waals surface area contributed by atoms with Crippen molar-refractivity contribution in [3.05, 3.63) is 0 Å². The van der Waals surface area contributed by atoms with Gasteiger partial charge in [0.25, 0.3) is 0 Å². The van der Waals surface area contributed by atoms with Gasteiger partial charge < -0.3 is 4.90 Å². The Bertz CT molecular complexity index is 352. The lowest BCUT2D eigenvalue weighted by Gasteiger charge is -2.29. The lowest BCUT2D eigenvalue weighted by atomic mass is 10.0. The van der Waals surface area contributed by atoms with Gasteiger partial charge in [-0.1, -0.05) is 34.6 Å². The molecule has 2 rings (SSSR count). The first-order valence-corrected chi connectivity index (χ1v) is 8.74. The van der Waals surface area contributed by atoms with Crippen LogP contribution < -0.4 is 5.32 Å². The molecule has 0 radical (unpaired) electrons. The van der Waals surface area contributed by atoms with E-state index in [1.54, 1.807) is 0 Å². The number of likely N-dealkylation sites (N-methyl/N-ethyl adjacent to an activating group) is 1. The maximum Gasteiger partial charge on any atom is 0.241 e. The van der Waals surface area contributed by atoms with Gasteiger partial charge in [-0.05, 0) is 37.6 Å². The van der Waals surface area contributed by atoms with Gasteiger partial charge in [0.05, 0.1) is 12.2 Å². The molecule has 0 bridgehead atoms. The van der Waals surface area contributed by atoms with Crippen molar-refractivity contribution in [1.82, 2.24) is 15.1 Å². The van der Waals surface area contributed by atoms with Crippen molar-refractivity contribution in [2.45, 2.75) is 72.1 Å². The summed E-state index contributed by atoms with van der Waals surface area (Å²) in [5.41, 5.74) is 0. The molecule has 1 saturated carbocycles. The summed E-state index contributed by atoms with van der Waals surface area (Å²) in [5, 5.41) is 3.57. The molecule has 4 heteroatoms. The molecule has 1 heterocycles. The molecule has 0 aromatic rings. The molecule has 1 amide bonds. The average molecular weight is 295 g/mol. The summed E-state index contributed by atoms with van der Waals surface area (Å²) >= 11 is 0. The zero-order valence-electron chi connectivity index (χ0n) is 14.4. The summed E-state index contributed by atoms with van der Waals surface area (Å²) in [4.78, 5) is 17.3. The average Bonchev–Trinajstić information content (AvgIpc) is 3.18. The maximum absolute atomic E-state index is 12.7. The molecule has 2 aliphatic rings. The number of carbonyl (C=O) groups is 1. The monoisotopic (exact) mass is 295 g/mol. The lowest BCUT2D eigenvalue weighted by Crippen LogP contribution is -2.43. The van der Waals surface area contributed by atoms with E-state index in [4.69, 9.17) is 0 Å². The topological polar surface area (TPSA) is 35.6 Å². The van der Waals surface area contributed by atoms with E-state index < -0.39 is 0 Å². The Morgan fingerprint density at radius 1 is 1.29 bits per heavy atom. The molecule has 2 unspecified atom stereocenters. The van der Waals surface area contributed by atoms with Gasteiger partial charge in [-0.25, -0.2) is 0 Å². The van der Waals surface area contributed by atoms with Crippen molar-refractivity contribution in [3.8, 4) is 0 Å². The quantitative estimate of drug-likeness (QED) is 0.746. The third-order valence-electron chi connectivity index (χ3n) is 4.76. The SMILES string of the molecule is CCN(CCN1C(=O)C(C(C)C)NC1CC(C)C)C1CC1. The van der Waals surface area contributed by atoms with Crippen LogP contribution in [-0.4, -0.2) is 53.6 Å². The summed E-state index contributed by atoms with van der Waals surface area (Å²) < 4.78 is 0. The van der Waals surface area contributed by atoms with Crippen LogP contribution in [-0.2, 0) is 4.79 Å². The fraction of sp³-hybridized carbons (Fsp3) is 0.941. The Hall–Kier alpha value is -0.610. The summed E-state index contributed by atoms with van der Waals surface area (Å²) in [6, 6.07) is 0.787. The van der Waals surface area contributed by atoms with Crippen LogP contribution in [0.2, 0.25) is 0 Å². The van der Waals surface area contributed by atoms with Crippen LogP contribution in [0.3, 0.4) is 0 Å². The fourth-order valence-corrected chi connectivity index (χ4v) is 3.36. The minimum Gasteiger partial charge on any atom is -0.324 e. The van der Waals surface area contributed by atoms with E-state index in [9.17, 15) is 4.79 Å². The van der Waals surface area contributed by atoms with Crippen LogP contribution in [0.25, 0.3) is 0 Å². The molecule has 21 heavy (non-hydrogen) atoms. The number of hydrogen-bond acceptors (Lipinski definition) is 3. The van der Waals surface area contributed by atoms with Crippen molar-refractivity contribution >= 4 is 5.91 Å². The number of amides is 1. The maximum atomic E-state index is 12.7. The van der Waals surface area contributed by atoms with Crippen LogP contribution in [0.5, 0.6) is 0 Å². The van der Waals surface area contributed by atoms with Crippen LogP contribution in [0.1, 0.15) is 53.9 Å². The smallest absolute Gasteiger partial charge is 0.241 e. The molecule has 2 atom stereocenters. The second-order valence-corrected chi connectivity index (χ2v) is 7.43. The number of carbonyl (C=O) groups excluding carboxylic acids is 1. The zero-order chi connectivity index (χ0) is 15.6. The van der Waals surface area contributed by atoms with Crippen molar-refractivity contribution in [2.75, 3.05) is 19.6 Å². The van der Waals surface area contributed by atoms with Crippen molar-refractivity contribution in [1.29, 1.82) is 0 Å². The second-order valence-electron chi connectivity index (χ2n) is 7.43. The zero-order valence-corrected chi connectivity index (χ0v) is 14.4. The van der Waals surface area contributed by atoms with Gasteiger partial charge in [-0.3, -0.25) is 15.0 Å². The Balaban J connectivity index is 1.96. The van der Waals surface area contributed by atoms with E-state index in [1.807, 2.05) is 0 Å². The molecular weight excluding hydrogens is 262 g/mol. The van der Waals surface area contributed by atoms with Gasteiger partial charge >= 0.3 is 0 Å². The highest BCUT2D eigenvalue weighted by atomic mass is 16.2. The van der Waals surface area contributed by atoms with Crippen molar-refractivity contribution in [2.24, 2.45) is 11.8 Å². The van der Waals surface area contributed by atoms with Gasteiger partial charge in [0.1, 0.15) is 0 Å². The molecule has 4 nitrogen and oxygen atoms in total. The molecule has 0 aromatic carbocycles. The van der Waals surface area contributed by atoms with Gasteiger partial charge in [-0.2, -0.15) is 0 Å². The van der Waals surface area contributed by atoms with Crippen LogP contribution in [0, 0.1) is 11.8 Å². The second kappa shape index (κ2) is 7.10. The van der Waals surface area contributed by atoms with Gasteiger partial charge in [0, 0.05) is 19.1 Å². The highest BCUT2D eigenvalue weighted by Crippen LogP contribution is 2.27. The van der Waals surface area contributed by atoms with Crippen molar-refractivity contribution < 1.29 is 4.79 Å². The third kappa shape index (κ3) is 4.19. The molecule has 1 N–H and O–H groups in total. The molecule has 0 spiro atoms. The lowest BCUT2D eigenvalue weighted by molar-refractivity contribution is -0.131. The standard InChI is InChI=1S/C17H33N3O/c1-6-19(14-7-8-14)9-10-20-15(11-12(2)3)18-16(13(4)5)17(20)21/h12-16,18H,6-11H2,1-5H3. The van der Waals surface area contributed by atoms with E-state index in [0.717, 1.165) is 32.1 Å².